The van der Waals surface area contributed by atoms with Gasteiger partial charge in [0.15, 0.2) is 15.8 Å². The lowest BCUT2D eigenvalue weighted by Crippen LogP contribution is -2.29. The van der Waals surface area contributed by atoms with Crippen molar-refractivity contribution in [1.29, 1.82) is 0 Å². The summed E-state index contributed by atoms with van der Waals surface area (Å²) in [7, 11) is 0. The molecular weight excluding hydrogens is 623 g/mol. The van der Waals surface area contributed by atoms with Gasteiger partial charge in [-0.2, -0.15) is 0 Å². The highest BCUT2D eigenvalue weighted by Crippen LogP contribution is 2.45. The number of aliphatic hydroxyl groups excluding tert-OH is 1. The van der Waals surface area contributed by atoms with Crippen LogP contribution in [0.1, 0.15) is 62.8 Å². The number of thioether (sulfide) groups is 1. The Bertz CT molecular complexity index is 1670. The second kappa shape index (κ2) is 15.8. The van der Waals surface area contributed by atoms with E-state index in [0.717, 1.165) is 24.8 Å². The molecule has 1 N–H and O–H groups in total. The Morgan fingerprint density at radius 3 is 2.37 bits per heavy atom. The third-order valence-electron chi connectivity index (χ3n) is 7.28. The van der Waals surface area contributed by atoms with Gasteiger partial charge in [-0.05, 0) is 67.8 Å². The number of aliphatic hydroxyl groups is 1. The van der Waals surface area contributed by atoms with Crippen molar-refractivity contribution in [3.05, 3.63) is 95.1 Å². The fourth-order valence-electron chi connectivity index (χ4n) is 5.07. The van der Waals surface area contributed by atoms with Gasteiger partial charge in [0.25, 0.3) is 5.78 Å². The highest BCUT2D eigenvalue weighted by Gasteiger charge is 2.48. The molecule has 5 rings (SSSR count). The Hall–Kier alpha value is -4.35. The van der Waals surface area contributed by atoms with E-state index in [1.807, 2.05) is 44.2 Å². The zero-order chi connectivity index (χ0) is 32.5. The Kier molecular flexibility index (Phi) is 11.3. The molecule has 1 atom stereocenters. The third kappa shape index (κ3) is 7.54. The molecule has 1 aliphatic rings. The van der Waals surface area contributed by atoms with E-state index in [0.29, 0.717) is 58.3 Å². The number of anilines is 1. The van der Waals surface area contributed by atoms with Crippen LogP contribution in [-0.4, -0.2) is 46.8 Å². The summed E-state index contributed by atoms with van der Waals surface area (Å²) in [6, 6.07) is 21.1. The summed E-state index contributed by atoms with van der Waals surface area (Å²) in [6.45, 7) is 7.31. The fourth-order valence-corrected chi connectivity index (χ4v) is 6.89. The van der Waals surface area contributed by atoms with E-state index in [4.69, 9.17) is 14.2 Å². The quantitative estimate of drug-likeness (QED) is 0.0341. The molecular formula is C35H37N3O6S2. The maximum absolute atomic E-state index is 13.7. The van der Waals surface area contributed by atoms with Crippen LogP contribution >= 0.6 is 23.1 Å². The predicted octanol–water partition coefficient (Wildman–Crippen LogP) is 7.82. The minimum Gasteiger partial charge on any atom is -0.507 e. The summed E-state index contributed by atoms with van der Waals surface area (Å²) in [5.74, 6) is 0.442. The third-order valence-corrected chi connectivity index (χ3v) is 9.41. The van der Waals surface area contributed by atoms with Crippen molar-refractivity contribution in [3.8, 4) is 17.2 Å². The van der Waals surface area contributed by atoms with Crippen molar-refractivity contribution >= 4 is 45.7 Å². The average Bonchev–Trinajstić information content (AvgIpc) is 3.65. The molecule has 1 fully saturated rings. The lowest BCUT2D eigenvalue weighted by atomic mass is 9.95. The van der Waals surface area contributed by atoms with E-state index in [9.17, 15) is 14.7 Å². The van der Waals surface area contributed by atoms with Gasteiger partial charge < -0.3 is 19.3 Å². The molecule has 11 heteroatoms. The summed E-state index contributed by atoms with van der Waals surface area (Å²) >= 11 is 2.72. The van der Waals surface area contributed by atoms with Crippen molar-refractivity contribution in [3.63, 3.8) is 0 Å². The number of amides is 1. The normalized spacial score (nSPS) is 15.7. The molecule has 0 saturated carbocycles. The van der Waals surface area contributed by atoms with Gasteiger partial charge in [-0.3, -0.25) is 14.5 Å². The van der Waals surface area contributed by atoms with Crippen LogP contribution < -0.4 is 19.1 Å². The van der Waals surface area contributed by atoms with Crippen LogP contribution in [0.15, 0.2) is 82.7 Å². The molecule has 9 nitrogen and oxygen atoms in total. The summed E-state index contributed by atoms with van der Waals surface area (Å²) in [4.78, 5) is 28.8. The van der Waals surface area contributed by atoms with Crippen LogP contribution in [0.25, 0.3) is 5.76 Å². The van der Waals surface area contributed by atoms with Crippen molar-refractivity contribution in [2.45, 2.75) is 56.2 Å². The molecule has 46 heavy (non-hydrogen) atoms. The van der Waals surface area contributed by atoms with E-state index < -0.39 is 17.7 Å². The van der Waals surface area contributed by atoms with Gasteiger partial charge in [0.2, 0.25) is 5.13 Å². The standard InChI is InChI=1S/C35H37N3O6S2/c1-4-7-11-20-44-27-19-16-25(21-28(27)43-6-3)30-29(31(39)24-14-17-26(18-15-24)42-5-2)32(40)33(41)38(30)34-36-37-35(46-34)45-22-23-12-9-8-10-13-23/h8-10,12-19,21,30,39H,4-7,11,20,22H2,1-3H3. The monoisotopic (exact) mass is 659 g/mol. The van der Waals surface area contributed by atoms with Crippen LogP contribution in [0.5, 0.6) is 17.2 Å². The maximum atomic E-state index is 13.7. The molecule has 0 aliphatic carbocycles. The first-order chi connectivity index (χ1) is 22.4. The second-order valence-electron chi connectivity index (χ2n) is 10.4. The number of unbranched alkanes of at least 4 members (excludes halogenated alkanes) is 2. The SMILES string of the molecule is CCCCCOc1ccc(C2C(=C(O)c3ccc(OCC)cc3)C(=O)C(=O)N2c2nnc(SCc3ccccc3)s2)cc1OCC. The van der Waals surface area contributed by atoms with Crippen molar-refractivity contribution in [1.82, 2.24) is 10.2 Å². The molecule has 1 unspecified atom stereocenters. The van der Waals surface area contributed by atoms with Crippen LogP contribution in [0.4, 0.5) is 5.13 Å². The van der Waals surface area contributed by atoms with Gasteiger partial charge >= 0.3 is 5.91 Å². The number of aromatic nitrogens is 2. The Morgan fingerprint density at radius 1 is 0.891 bits per heavy atom. The fraction of sp³-hybridized carbons (Fsp3) is 0.314. The smallest absolute Gasteiger partial charge is 0.301 e. The van der Waals surface area contributed by atoms with E-state index >= 15 is 0 Å². The molecule has 3 aromatic carbocycles. The molecule has 0 spiro atoms. The minimum absolute atomic E-state index is 0.0538. The number of ether oxygens (including phenoxy) is 3. The number of carbonyl (C=O) groups excluding carboxylic acids is 2. The minimum atomic E-state index is -0.986. The van der Waals surface area contributed by atoms with Gasteiger partial charge in [-0.15, -0.1) is 10.2 Å². The number of ketones is 1. The number of nitrogens with zero attached hydrogens (tertiary/aromatic N) is 3. The predicted molar refractivity (Wildman–Crippen MR) is 181 cm³/mol. The molecule has 1 aliphatic heterocycles. The lowest BCUT2D eigenvalue weighted by molar-refractivity contribution is -0.132. The zero-order valence-electron chi connectivity index (χ0n) is 26.1. The number of hydrogen-bond donors (Lipinski definition) is 1. The molecule has 0 radical (unpaired) electrons. The molecule has 1 aromatic heterocycles. The number of carbonyl (C=O) groups is 2. The van der Waals surface area contributed by atoms with Crippen LogP contribution in [0.3, 0.4) is 0 Å². The van der Waals surface area contributed by atoms with Gasteiger partial charge in [-0.1, -0.05) is 79.3 Å². The van der Waals surface area contributed by atoms with Crippen LogP contribution in [0, 0.1) is 0 Å². The zero-order valence-corrected chi connectivity index (χ0v) is 27.7. The average molecular weight is 660 g/mol. The van der Waals surface area contributed by atoms with Gasteiger partial charge in [-0.25, -0.2) is 0 Å². The van der Waals surface area contributed by atoms with Crippen LogP contribution in [0.2, 0.25) is 0 Å². The van der Waals surface area contributed by atoms with Crippen molar-refractivity contribution in [2.24, 2.45) is 0 Å². The van der Waals surface area contributed by atoms with Crippen LogP contribution in [-0.2, 0) is 15.3 Å². The molecule has 1 amide bonds. The highest BCUT2D eigenvalue weighted by molar-refractivity contribution is 8.00. The van der Waals surface area contributed by atoms with Gasteiger partial charge in [0.1, 0.15) is 11.5 Å². The molecule has 2 heterocycles. The summed E-state index contributed by atoms with van der Waals surface area (Å²) in [5.41, 5.74) is 2.01. The number of hydrogen-bond acceptors (Lipinski definition) is 10. The largest absolute Gasteiger partial charge is 0.507 e. The Morgan fingerprint density at radius 2 is 1.65 bits per heavy atom. The first-order valence-corrected chi connectivity index (χ1v) is 17.2. The van der Waals surface area contributed by atoms with E-state index in [1.54, 1.807) is 42.5 Å². The second-order valence-corrected chi connectivity index (χ2v) is 12.6. The number of Topliss-reactive ketones (excluding diaryl/α,β-unsaturated/α-hetero) is 1. The summed E-state index contributed by atoms with van der Waals surface area (Å²) < 4.78 is 18.2. The van der Waals surface area contributed by atoms with Crippen molar-refractivity contribution in [2.75, 3.05) is 24.7 Å². The molecule has 240 valence electrons. The van der Waals surface area contributed by atoms with E-state index in [1.165, 1.54) is 28.0 Å². The van der Waals surface area contributed by atoms with Gasteiger partial charge in [0, 0.05) is 11.3 Å². The van der Waals surface area contributed by atoms with Gasteiger partial charge in [0.05, 0.1) is 31.4 Å². The van der Waals surface area contributed by atoms with E-state index in [2.05, 4.69) is 17.1 Å². The highest BCUT2D eigenvalue weighted by atomic mass is 32.2. The molecule has 1 saturated heterocycles. The summed E-state index contributed by atoms with van der Waals surface area (Å²) in [5, 5.41) is 20.5. The Balaban J connectivity index is 1.55. The number of benzene rings is 3. The Labute approximate surface area is 277 Å². The topological polar surface area (TPSA) is 111 Å². The lowest BCUT2D eigenvalue weighted by Gasteiger charge is -2.23. The van der Waals surface area contributed by atoms with E-state index in [-0.39, 0.29) is 16.5 Å². The molecule has 4 aromatic rings. The molecule has 0 bridgehead atoms. The number of rotatable bonds is 15. The first kappa shape index (κ1) is 33.0. The maximum Gasteiger partial charge on any atom is 0.301 e. The first-order valence-electron chi connectivity index (χ1n) is 15.4. The summed E-state index contributed by atoms with van der Waals surface area (Å²) in [6.07, 6.45) is 3.04. The van der Waals surface area contributed by atoms with Crippen molar-refractivity contribution < 1.29 is 28.9 Å².